The van der Waals surface area contributed by atoms with E-state index in [0.29, 0.717) is 6.04 Å². The maximum atomic E-state index is 4.38. The Morgan fingerprint density at radius 1 is 1.20 bits per heavy atom. The van der Waals surface area contributed by atoms with Crippen LogP contribution in [0.4, 0.5) is 5.13 Å². The number of piperazine rings is 1. The van der Waals surface area contributed by atoms with Crippen molar-refractivity contribution in [2.45, 2.75) is 25.4 Å². The zero-order valence-electron chi connectivity index (χ0n) is 11.2. The lowest BCUT2D eigenvalue weighted by molar-refractivity contribution is 0.239. The molecule has 0 aromatic carbocycles. The summed E-state index contributed by atoms with van der Waals surface area (Å²) in [7, 11) is 0. The van der Waals surface area contributed by atoms with E-state index in [2.05, 4.69) is 30.3 Å². The topological polar surface area (TPSA) is 63.0 Å². The van der Waals surface area contributed by atoms with Crippen molar-refractivity contribution in [3.8, 4) is 0 Å². The van der Waals surface area contributed by atoms with E-state index in [9.17, 15) is 0 Å². The number of nitrogens with zero attached hydrogens (tertiary/aromatic N) is 7. The summed E-state index contributed by atoms with van der Waals surface area (Å²) in [5.41, 5.74) is 0. The van der Waals surface area contributed by atoms with Crippen LogP contribution in [0, 0.1) is 0 Å². The highest BCUT2D eigenvalue weighted by molar-refractivity contribution is 7.13. The lowest BCUT2D eigenvalue weighted by Gasteiger charge is -2.34. The first-order valence-electron chi connectivity index (χ1n) is 7.04. The minimum atomic E-state index is 0.552. The molecule has 3 heterocycles. The van der Waals surface area contributed by atoms with Gasteiger partial charge in [0, 0.05) is 37.8 Å². The van der Waals surface area contributed by atoms with Crippen molar-refractivity contribution in [3.05, 3.63) is 17.4 Å². The molecule has 0 unspecified atom stereocenters. The number of anilines is 1. The summed E-state index contributed by atoms with van der Waals surface area (Å²) in [6.07, 6.45) is 4.31. The number of thiazole rings is 1. The van der Waals surface area contributed by atoms with Crippen LogP contribution in [-0.4, -0.2) is 56.3 Å². The highest BCUT2D eigenvalue weighted by Gasteiger charge is 2.29. The zero-order chi connectivity index (χ0) is 13.4. The minimum Gasteiger partial charge on any atom is -0.346 e. The molecule has 106 valence electrons. The molecular formula is C12H17N7S. The Hall–Kier alpha value is -1.54. The van der Waals surface area contributed by atoms with Crippen molar-refractivity contribution in [2.75, 3.05) is 31.1 Å². The van der Waals surface area contributed by atoms with E-state index < -0.39 is 0 Å². The first-order valence-corrected chi connectivity index (χ1v) is 7.91. The average Bonchev–Trinajstić information content (AvgIpc) is 3.00. The molecule has 0 spiro atoms. The standard InChI is InChI=1S/C12H17N7S/c1-2-10(1)19-11(14-15-16-19)9-17-4-6-18(7-5-17)12-13-3-8-20-12/h3,8,10H,1-2,4-7,9H2. The van der Waals surface area contributed by atoms with Crippen LogP contribution in [0.25, 0.3) is 0 Å². The third-order valence-corrected chi connectivity index (χ3v) is 4.71. The van der Waals surface area contributed by atoms with Crippen LogP contribution in [0.1, 0.15) is 24.7 Å². The number of tetrazole rings is 1. The van der Waals surface area contributed by atoms with E-state index in [0.717, 1.165) is 43.7 Å². The smallest absolute Gasteiger partial charge is 0.185 e. The first kappa shape index (κ1) is 12.2. The van der Waals surface area contributed by atoms with Gasteiger partial charge in [-0.2, -0.15) is 0 Å². The molecule has 0 atom stereocenters. The van der Waals surface area contributed by atoms with Crippen molar-refractivity contribution in [1.82, 2.24) is 30.1 Å². The molecule has 0 N–H and O–H groups in total. The van der Waals surface area contributed by atoms with Gasteiger partial charge in [0.05, 0.1) is 12.6 Å². The molecule has 0 bridgehead atoms. The molecule has 0 radical (unpaired) electrons. The van der Waals surface area contributed by atoms with Crippen LogP contribution in [-0.2, 0) is 6.54 Å². The molecule has 0 amide bonds. The Balaban J connectivity index is 1.36. The average molecular weight is 291 g/mol. The number of aromatic nitrogens is 5. The second-order valence-corrected chi connectivity index (χ2v) is 6.22. The summed E-state index contributed by atoms with van der Waals surface area (Å²) >= 11 is 1.71. The Bertz CT molecular complexity index is 554. The van der Waals surface area contributed by atoms with E-state index in [1.807, 2.05) is 16.3 Å². The Morgan fingerprint density at radius 3 is 2.75 bits per heavy atom. The summed E-state index contributed by atoms with van der Waals surface area (Å²) < 4.78 is 2.01. The predicted octanol–water partition coefficient (Wildman–Crippen LogP) is 0.787. The summed E-state index contributed by atoms with van der Waals surface area (Å²) in [5, 5.41) is 15.3. The number of hydrogen-bond acceptors (Lipinski definition) is 7. The van der Waals surface area contributed by atoms with Crippen LogP contribution in [0.2, 0.25) is 0 Å². The van der Waals surface area contributed by atoms with E-state index in [1.165, 1.54) is 12.8 Å². The van der Waals surface area contributed by atoms with Crippen LogP contribution in [0.5, 0.6) is 0 Å². The second kappa shape index (κ2) is 5.10. The molecule has 1 saturated carbocycles. The SMILES string of the molecule is c1csc(N2CCN(Cc3nnnn3C3CC3)CC2)n1. The fraction of sp³-hybridized carbons (Fsp3) is 0.667. The molecule has 20 heavy (non-hydrogen) atoms. The third kappa shape index (κ3) is 2.40. The molecule has 1 aliphatic carbocycles. The van der Waals surface area contributed by atoms with Crippen molar-refractivity contribution in [3.63, 3.8) is 0 Å². The van der Waals surface area contributed by atoms with E-state index in [4.69, 9.17) is 0 Å². The van der Waals surface area contributed by atoms with Crippen molar-refractivity contribution in [2.24, 2.45) is 0 Å². The van der Waals surface area contributed by atoms with Crippen LogP contribution in [0.3, 0.4) is 0 Å². The Morgan fingerprint density at radius 2 is 2.05 bits per heavy atom. The fourth-order valence-electron chi connectivity index (χ4n) is 2.59. The van der Waals surface area contributed by atoms with Crippen molar-refractivity contribution >= 4 is 16.5 Å². The molecule has 2 aromatic heterocycles. The fourth-order valence-corrected chi connectivity index (χ4v) is 3.29. The van der Waals surface area contributed by atoms with Gasteiger partial charge in [0.15, 0.2) is 11.0 Å². The van der Waals surface area contributed by atoms with Gasteiger partial charge in [-0.15, -0.1) is 16.4 Å². The van der Waals surface area contributed by atoms with E-state index >= 15 is 0 Å². The van der Waals surface area contributed by atoms with Crippen LogP contribution < -0.4 is 4.90 Å². The largest absolute Gasteiger partial charge is 0.346 e. The molecule has 7 nitrogen and oxygen atoms in total. The third-order valence-electron chi connectivity index (χ3n) is 3.88. The van der Waals surface area contributed by atoms with Gasteiger partial charge < -0.3 is 4.90 Å². The molecule has 2 fully saturated rings. The summed E-state index contributed by atoms with van der Waals surface area (Å²) in [5.74, 6) is 1.01. The number of hydrogen-bond donors (Lipinski definition) is 0. The molecule has 8 heteroatoms. The number of rotatable bonds is 4. The molecule has 1 aliphatic heterocycles. The predicted molar refractivity (Wildman–Crippen MR) is 75.7 cm³/mol. The minimum absolute atomic E-state index is 0.552. The van der Waals surface area contributed by atoms with Gasteiger partial charge in [-0.05, 0) is 23.3 Å². The highest BCUT2D eigenvalue weighted by Crippen LogP contribution is 2.34. The molecule has 2 aromatic rings. The van der Waals surface area contributed by atoms with Gasteiger partial charge in [0.2, 0.25) is 0 Å². The summed E-state index contributed by atoms with van der Waals surface area (Å²) in [4.78, 5) is 9.15. The normalized spacial score (nSPS) is 20.5. The molecule has 2 aliphatic rings. The van der Waals surface area contributed by atoms with Gasteiger partial charge in [-0.1, -0.05) is 0 Å². The van der Waals surface area contributed by atoms with E-state index in [1.54, 1.807) is 11.3 Å². The maximum Gasteiger partial charge on any atom is 0.185 e. The van der Waals surface area contributed by atoms with Gasteiger partial charge >= 0.3 is 0 Å². The molecule has 1 saturated heterocycles. The Labute approximate surface area is 121 Å². The lowest BCUT2D eigenvalue weighted by Crippen LogP contribution is -2.46. The van der Waals surface area contributed by atoms with Crippen molar-refractivity contribution in [1.29, 1.82) is 0 Å². The monoisotopic (exact) mass is 291 g/mol. The molecular weight excluding hydrogens is 274 g/mol. The maximum absolute atomic E-state index is 4.38. The zero-order valence-corrected chi connectivity index (χ0v) is 12.0. The van der Waals surface area contributed by atoms with Gasteiger partial charge in [-0.3, -0.25) is 4.90 Å². The summed E-state index contributed by atoms with van der Waals surface area (Å²) in [6, 6.07) is 0.552. The molecule has 4 rings (SSSR count). The second-order valence-electron chi connectivity index (χ2n) is 5.35. The van der Waals surface area contributed by atoms with Gasteiger partial charge in [-0.25, -0.2) is 9.67 Å². The van der Waals surface area contributed by atoms with Gasteiger partial charge in [0.25, 0.3) is 0 Å². The van der Waals surface area contributed by atoms with Gasteiger partial charge in [0.1, 0.15) is 0 Å². The summed E-state index contributed by atoms with van der Waals surface area (Å²) in [6.45, 7) is 4.99. The quantitative estimate of drug-likeness (QED) is 0.830. The lowest BCUT2D eigenvalue weighted by atomic mass is 10.3. The van der Waals surface area contributed by atoms with Crippen LogP contribution in [0.15, 0.2) is 11.6 Å². The Kier molecular flexibility index (Phi) is 3.12. The first-order chi connectivity index (χ1) is 9.90. The van der Waals surface area contributed by atoms with E-state index in [-0.39, 0.29) is 0 Å². The van der Waals surface area contributed by atoms with Crippen LogP contribution >= 0.6 is 11.3 Å². The highest BCUT2D eigenvalue weighted by atomic mass is 32.1. The van der Waals surface area contributed by atoms with Crippen molar-refractivity contribution < 1.29 is 0 Å².